The fourth-order valence-corrected chi connectivity index (χ4v) is 8.69. The Hall–Kier alpha value is -7.42. The van der Waals surface area contributed by atoms with E-state index in [0.717, 1.165) is 54.1 Å². The number of benzene rings is 8. The largest absolute Gasteiger partial charge is 0.311 e. The number of allylic oxidation sites excluding steroid dienone is 8. The predicted octanol–water partition coefficient (Wildman–Crippen LogP) is 16.4. The lowest BCUT2D eigenvalue weighted by Crippen LogP contribution is -2.10. The van der Waals surface area contributed by atoms with Gasteiger partial charge in [-0.1, -0.05) is 164 Å². The number of hydrogen-bond acceptors (Lipinski definition) is 2. The summed E-state index contributed by atoms with van der Waals surface area (Å²) < 4.78 is 0. The fourth-order valence-electron chi connectivity index (χ4n) is 8.69. The molecule has 0 unspecified atom stereocenters. The van der Waals surface area contributed by atoms with Crippen molar-refractivity contribution in [3.8, 4) is 11.1 Å². The predicted molar refractivity (Wildman–Crippen MR) is 257 cm³/mol. The minimum absolute atomic E-state index is 0.996. The summed E-state index contributed by atoms with van der Waals surface area (Å²) in [6, 6.07) is 72.6. The van der Waals surface area contributed by atoms with Crippen LogP contribution in [0.15, 0.2) is 231 Å². The van der Waals surface area contributed by atoms with Gasteiger partial charge in [0.1, 0.15) is 0 Å². The average Bonchev–Trinajstić information content (AvgIpc) is 3.34. The Morgan fingerprint density at radius 2 is 0.800 bits per heavy atom. The van der Waals surface area contributed by atoms with Crippen molar-refractivity contribution in [2.24, 2.45) is 0 Å². The van der Waals surface area contributed by atoms with E-state index >= 15 is 0 Å². The molecule has 60 heavy (non-hydrogen) atoms. The SMILES string of the molecule is C1=CC(c2ccc(N(c3ccc(C4=CC=C(c5ccc(N(c6ccccc6)c6cccc7ccccc67)cc5)CC4)cc3)c3ccc(-c4ccccc4)cc3)cc2)=CCC1. The molecule has 0 aliphatic heterocycles. The molecule has 0 saturated heterocycles. The summed E-state index contributed by atoms with van der Waals surface area (Å²) in [5.74, 6) is 0. The third-order valence-corrected chi connectivity index (χ3v) is 11.9. The zero-order chi connectivity index (χ0) is 40.1. The van der Waals surface area contributed by atoms with Crippen molar-refractivity contribution < 1.29 is 0 Å². The summed E-state index contributed by atoms with van der Waals surface area (Å²) in [7, 11) is 0. The standard InChI is InChI=1S/C58H46N2/c1-4-13-43(14-5-1)47-27-35-53(36-28-47)59(54-37-29-48(30-38-54)44-15-6-2-7-16-44)55-39-31-49(32-40-55)45-23-25-46(26-24-45)50-33-41-56(42-34-50)60(52-19-8-3-9-20-52)58-22-12-18-51-17-10-11-21-57(51)58/h1,3-6,8-23,25,27-42H,2,7,24,26H2. The highest BCUT2D eigenvalue weighted by Gasteiger charge is 2.18. The van der Waals surface area contributed by atoms with Gasteiger partial charge < -0.3 is 9.80 Å². The Morgan fingerprint density at radius 1 is 0.333 bits per heavy atom. The second-order valence-corrected chi connectivity index (χ2v) is 15.6. The molecule has 0 heterocycles. The van der Waals surface area contributed by atoms with E-state index < -0.39 is 0 Å². The molecule has 8 aromatic carbocycles. The van der Waals surface area contributed by atoms with Crippen molar-refractivity contribution in [2.45, 2.75) is 25.7 Å². The zero-order valence-corrected chi connectivity index (χ0v) is 33.7. The van der Waals surface area contributed by atoms with Gasteiger partial charge in [0, 0.05) is 33.8 Å². The summed E-state index contributed by atoms with van der Waals surface area (Å²) in [5.41, 5.74) is 17.1. The van der Waals surface area contributed by atoms with Gasteiger partial charge in [-0.15, -0.1) is 0 Å². The van der Waals surface area contributed by atoms with Crippen LogP contribution in [0.4, 0.5) is 34.1 Å². The minimum atomic E-state index is 0.996. The van der Waals surface area contributed by atoms with Crippen molar-refractivity contribution in [1.29, 1.82) is 0 Å². The Labute approximate surface area is 354 Å². The van der Waals surface area contributed by atoms with Crippen LogP contribution in [0.5, 0.6) is 0 Å². The number of nitrogens with zero attached hydrogens (tertiary/aromatic N) is 2. The van der Waals surface area contributed by atoms with E-state index in [-0.39, 0.29) is 0 Å². The van der Waals surface area contributed by atoms with Gasteiger partial charge in [0.05, 0.1) is 5.69 Å². The molecular weight excluding hydrogens is 725 g/mol. The molecule has 0 fully saturated rings. The topological polar surface area (TPSA) is 6.48 Å². The van der Waals surface area contributed by atoms with E-state index in [0.29, 0.717) is 0 Å². The third-order valence-electron chi connectivity index (χ3n) is 11.9. The molecular formula is C58H46N2. The van der Waals surface area contributed by atoms with E-state index in [1.54, 1.807) is 0 Å². The van der Waals surface area contributed by atoms with Crippen LogP contribution in [0.2, 0.25) is 0 Å². The maximum absolute atomic E-state index is 2.37. The minimum Gasteiger partial charge on any atom is -0.311 e. The van der Waals surface area contributed by atoms with Gasteiger partial charge in [-0.3, -0.25) is 0 Å². The van der Waals surface area contributed by atoms with E-state index in [4.69, 9.17) is 0 Å². The van der Waals surface area contributed by atoms with Crippen LogP contribution in [0, 0.1) is 0 Å². The van der Waals surface area contributed by atoms with Gasteiger partial charge in [-0.25, -0.2) is 0 Å². The normalized spacial score (nSPS) is 13.6. The average molecular weight is 771 g/mol. The maximum Gasteiger partial charge on any atom is 0.0540 e. The lowest BCUT2D eigenvalue weighted by molar-refractivity contribution is 1.04. The summed E-state index contributed by atoms with van der Waals surface area (Å²) in [4.78, 5) is 4.73. The molecule has 0 bridgehead atoms. The summed E-state index contributed by atoms with van der Waals surface area (Å²) in [5, 5.41) is 2.47. The van der Waals surface area contributed by atoms with Gasteiger partial charge in [-0.05, 0) is 142 Å². The molecule has 0 aromatic heterocycles. The van der Waals surface area contributed by atoms with Crippen molar-refractivity contribution >= 4 is 61.6 Å². The third kappa shape index (κ3) is 7.64. The first kappa shape index (κ1) is 36.9. The summed E-state index contributed by atoms with van der Waals surface area (Å²) >= 11 is 0. The molecule has 0 saturated carbocycles. The highest BCUT2D eigenvalue weighted by Crippen LogP contribution is 2.41. The molecule has 10 rings (SSSR count). The second-order valence-electron chi connectivity index (χ2n) is 15.6. The van der Waals surface area contributed by atoms with E-state index in [9.17, 15) is 0 Å². The zero-order valence-electron chi connectivity index (χ0n) is 33.7. The van der Waals surface area contributed by atoms with Gasteiger partial charge in [0.2, 0.25) is 0 Å². The second kappa shape index (κ2) is 16.8. The van der Waals surface area contributed by atoms with E-state index in [1.165, 1.54) is 61.0 Å². The summed E-state index contributed by atoms with van der Waals surface area (Å²) in [6.07, 6.45) is 15.7. The van der Waals surface area contributed by atoms with Crippen LogP contribution >= 0.6 is 0 Å². The van der Waals surface area contributed by atoms with Gasteiger partial charge in [0.25, 0.3) is 0 Å². The molecule has 2 aliphatic carbocycles. The first-order chi connectivity index (χ1) is 29.7. The number of hydrogen-bond donors (Lipinski definition) is 0. The first-order valence-electron chi connectivity index (χ1n) is 21.1. The number of rotatable bonds is 10. The molecule has 0 spiro atoms. The summed E-state index contributed by atoms with van der Waals surface area (Å²) in [6.45, 7) is 0. The van der Waals surface area contributed by atoms with Gasteiger partial charge >= 0.3 is 0 Å². The van der Waals surface area contributed by atoms with Crippen LogP contribution in [-0.4, -0.2) is 0 Å². The lowest BCUT2D eigenvalue weighted by atomic mass is 9.90. The van der Waals surface area contributed by atoms with Crippen molar-refractivity contribution in [2.75, 3.05) is 9.80 Å². The number of fused-ring (bicyclic) bond motifs is 1. The molecule has 0 radical (unpaired) electrons. The Kier molecular flexibility index (Phi) is 10.3. The van der Waals surface area contributed by atoms with Crippen LogP contribution in [-0.2, 0) is 0 Å². The molecule has 288 valence electrons. The lowest BCUT2D eigenvalue weighted by Gasteiger charge is -2.27. The first-order valence-corrected chi connectivity index (χ1v) is 21.1. The van der Waals surface area contributed by atoms with Crippen molar-refractivity contribution in [3.05, 3.63) is 247 Å². The fraction of sp³-hybridized carbons (Fsp3) is 0.0690. The Morgan fingerprint density at radius 3 is 1.37 bits per heavy atom. The molecule has 8 aromatic rings. The maximum atomic E-state index is 2.37. The molecule has 0 atom stereocenters. The smallest absolute Gasteiger partial charge is 0.0540 e. The Balaban J connectivity index is 0.913. The van der Waals surface area contributed by atoms with Crippen LogP contribution in [0.25, 0.3) is 38.6 Å². The Bertz CT molecular complexity index is 2860. The van der Waals surface area contributed by atoms with E-state index in [2.05, 4.69) is 240 Å². The quantitative estimate of drug-likeness (QED) is 0.137. The van der Waals surface area contributed by atoms with Crippen molar-refractivity contribution in [3.63, 3.8) is 0 Å². The van der Waals surface area contributed by atoms with E-state index in [1.807, 2.05) is 0 Å². The molecule has 2 aliphatic rings. The van der Waals surface area contributed by atoms with Crippen LogP contribution < -0.4 is 9.80 Å². The monoisotopic (exact) mass is 770 g/mol. The molecule has 2 nitrogen and oxygen atoms in total. The van der Waals surface area contributed by atoms with Crippen LogP contribution in [0.3, 0.4) is 0 Å². The van der Waals surface area contributed by atoms with Crippen LogP contribution in [0.1, 0.15) is 42.4 Å². The molecule has 0 amide bonds. The van der Waals surface area contributed by atoms with Crippen molar-refractivity contribution in [1.82, 2.24) is 0 Å². The van der Waals surface area contributed by atoms with Gasteiger partial charge in [0.15, 0.2) is 0 Å². The number of anilines is 6. The highest BCUT2D eigenvalue weighted by molar-refractivity contribution is 5.99. The molecule has 2 heteroatoms. The number of para-hydroxylation sites is 1. The highest BCUT2D eigenvalue weighted by atomic mass is 15.1. The molecule has 0 N–H and O–H groups in total. The van der Waals surface area contributed by atoms with Gasteiger partial charge in [-0.2, -0.15) is 0 Å².